The molecule has 98 valence electrons. The third-order valence-corrected chi connectivity index (χ3v) is 4.75. The summed E-state index contributed by atoms with van der Waals surface area (Å²) in [7, 11) is 2.00. The van der Waals surface area contributed by atoms with Crippen LogP contribution < -0.4 is 5.73 Å². The molecule has 3 nitrogen and oxygen atoms in total. The Morgan fingerprint density at radius 2 is 1.82 bits per heavy atom. The fourth-order valence-corrected chi connectivity index (χ4v) is 3.55. The molecule has 2 aliphatic carbocycles. The molecule has 1 amide bonds. The van der Waals surface area contributed by atoms with E-state index in [1.165, 1.54) is 38.5 Å². The standard InChI is InChI=1S/C14H26N2O/c1-16(12-7-3-2-4-8-12)14(17)13-9-5-6-11(13)10-15/h11-13H,2-10,15H2,1H3/t11-,13-/m1/s1. The molecule has 2 aliphatic rings. The van der Waals surface area contributed by atoms with Crippen molar-refractivity contribution in [3.63, 3.8) is 0 Å². The number of hydrogen-bond acceptors (Lipinski definition) is 2. The molecule has 0 bridgehead atoms. The fraction of sp³-hybridized carbons (Fsp3) is 0.929. The molecule has 0 aromatic heterocycles. The first kappa shape index (κ1) is 12.9. The van der Waals surface area contributed by atoms with Crippen LogP contribution in [0.15, 0.2) is 0 Å². The normalized spacial score (nSPS) is 30.5. The zero-order chi connectivity index (χ0) is 12.3. The SMILES string of the molecule is CN(C(=O)[C@@H]1CCC[C@@H]1CN)C1CCCCC1. The van der Waals surface area contributed by atoms with Gasteiger partial charge in [0.15, 0.2) is 0 Å². The second-order valence-electron chi connectivity index (χ2n) is 5.77. The van der Waals surface area contributed by atoms with Gasteiger partial charge < -0.3 is 10.6 Å². The molecule has 2 N–H and O–H groups in total. The molecule has 0 heterocycles. The van der Waals surface area contributed by atoms with Gasteiger partial charge in [0.2, 0.25) is 5.91 Å². The van der Waals surface area contributed by atoms with E-state index in [-0.39, 0.29) is 5.92 Å². The predicted octanol–water partition coefficient (Wildman–Crippen LogP) is 2.15. The van der Waals surface area contributed by atoms with E-state index < -0.39 is 0 Å². The second kappa shape index (κ2) is 5.85. The Balaban J connectivity index is 1.93. The van der Waals surface area contributed by atoms with Crippen molar-refractivity contribution in [3.05, 3.63) is 0 Å². The summed E-state index contributed by atoms with van der Waals surface area (Å²) in [5.74, 6) is 1.02. The summed E-state index contributed by atoms with van der Waals surface area (Å²) in [6.45, 7) is 0.676. The summed E-state index contributed by atoms with van der Waals surface area (Å²) in [4.78, 5) is 14.5. The summed E-state index contributed by atoms with van der Waals surface area (Å²) in [5, 5.41) is 0. The number of amides is 1. The van der Waals surface area contributed by atoms with Crippen LogP contribution in [0.1, 0.15) is 51.4 Å². The highest BCUT2D eigenvalue weighted by atomic mass is 16.2. The van der Waals surface area contributed by atoms with E-state index in [4.69, 9.17) is 5.73 Å². The van der Waals surface area contributed by atoms with Gasteiger partial charge in [0.1, 0.15) is 0 Å². The lowest BCUT2D eigenvalue weighted by atomic mass is 9.91. The van der Waals surface area contributed by atoms with Crippen LogP contribution in [0.5, 0.6) is 0 Å². The van der Waals surface area contributed by atoms with E-state index in [0.717, 1.165) is 12.8 Å². The summed E-state index contributed by atoms with van der Waals surface area (Å²) < 4.78 is 0. The van der Waals surface area contributed by atoms with Crippen LogP contribution in [0.4, 0.5) is 0 Å². The van der Waals surface area contributed by atoms with Crippen molar-refractivity contribution in [2.24, 2.45) is 17.6 Å². The molecule has 0 aromatic rings. The predicted molar refractivity (Wildman–Crippen MR) is 69.5 cm³/mol. The maximum atomic E-state index is 12.5. The maximum Gasteiger partial charge on any atom is 0.225 e. The van der Waals surface area contributed by atoms with Gasteiger partial charge in [0, 0.05) is 19.0 Å². The molecule has 0 spiro atoms. The molecule has 3 heteroatoms. The van der Waals surface area contributed by atoms with Crippen LogP contribution in [0, 0.1) is 11.8 Å². The van der Waals surface area contributed by atoms with Crippen LogP contribution in [0.25, 0.3) is 0 Å². The largest absolute Gasteiger partial charge is 0.343 e. The van der Waals surface area contributed by atoms with Crippen molar-refractivity contribution in [1.82, 2.24) is 4.90 Å². The minimum Gasteiger partial charge on any atom is -0.343 e. The highest BCUT2D eigenvalue weighted by Gasteiger charge is 2.35. The quantitative estimate of drug-likeness (QED) is 0.819. The monoisotopic (exact) mass is 238 g/mol. The van der Waals surface area contributed by atoms with Crippen LogP contribution in [0.3, 0.4) is 0 Å². The van der Waals surface area contributed by atoms with Crippen LogP contribution in [-0.4, -0.2) is 30.4 Å². The fourth-order valence-electron chi connectivity index (χ4n) is 3.55. The molecule has 0 aliphatic heterocycles. The molecule has 2 rings (SSSR count). The van der Waals surface area contributed by atoms with Crippen LogP contribution in [-0.2, 0) is 4.79 Å². The van der Waals surface area contributed by atoms with Gasteiger partial charge in [-0.1, -0.05) is 25.7 Å². The summed E-state index contributed by atoms with van der Waals surface area (Å²) in [6.07, 6.45) is 9.68. The zero-order valence-corrected chi connectivity index (χ0v) is 11.0. The molecular weight excluding hydrogens is 212 g/mol. The Morgan fingerprint density at radius 1 is 1.12 bits per heavy atom. The average Bonchev–Trinajstić information content (AvgIpc) is 2.86. The summed E-state index contributed by atoms with van der Waals surface area (Å²) >= 11 is 0. The Labute approximate surface area is 105 Å². The Morgan fingerprint density at radius 3 is 2.47 bits per heavy atom. The smallest absolute Gasteiger partial charge is 0.225 e. The van der Waals surface area contributed by atoms with Crippen molar-refractivity contribution in [2.45, 2.75) is 57.4 Å². The molecule has 2 atom stereocenters. The second-order valence-corrected chi connectivity index (χ2v) is 5.77. The van der Waals surface area contributed by atoms with Crippen molar-refractivity contribution in [2.75, 3.05) is 13.6 Å². The van der Waals surface area contributed by atoms with Gasteiger partial charge in [0.05, 0.1) is 0 Å². The molecule has 17 heavy (non-hydrogen) atoms. The lowest BCUT2D eigenvalue weighted by Gasteiger charge is -2.34. The Kier molecular flexibility index (Phi) is 4.43. The zero-order valence-electron chi connectivity index (χ0n) is 11.0. The lowest BCUT2D eigenvalue weighted by molar-refractivity contribution is -0.138. The lowest BCUT2D eigenvalue weighted by Crippen LogP contribution is -2.43. The van der Waals surface area contributed by atoms with E-state index in [0.29, 0.717) is 24.4 Å². The minimum absolute atomic E-state index is 0.215. The minimum atomic E-state index is 0.215. The first-order chi connectivity index (χ1) is 8.24. The molecule has 0 aromatic carbocycles. The van der Waals surface area contributed by atoms with Crippen molar-refractivity contribution >= 4 is 5.91 Å². The number of nitrogens with zero attached hydrogens (tertiary/aromatic N) is 1. The van der Waals surface area contributed by atoms with Gasteiger partial charge in [-0.05, 0) is 38.1 Å². The Bertz CT molecular complexity index is 261. The number of carbonyl (C=O) groups is 1. The van der Waals surface area contributed by atoms with E-state index in [1.807, 2.05) is 11.9 Å². The van der Waals surface area contributed by atoms with Gasteiger partial charge in [-0.15, -0.1) is 0 Å². The third kappa shape index (κ3) is 2.82. The van der Waals surface area contributed by atoms with E-state index in [9.17, 15) is 4.79 Å². The van der Waals surface area contributed by atoms with Crippen LogP contribution in [0.2, 0.25) is 0 Å². The van der Waals surface area contributed by atoms with Crippen molar-refractivity contribution < 1.29 is 4.79 Å². The summed E-state index contributed by atoms with van der Waals surface area (Å²) in [6, 6.07) is 0.496. The molecule has 2 saturated carbocycles. The van der Waals surface area contributed by atoms with Gasteiger partial charge in [0.25, 0.3) is 0 Å². The molecular formula is C14H26N2O. The van der Waals surface area contributed by atoms with Crippen molar-refractivity contribution in [1.29, 1.82) is 0 Å². The van der Waals surface area contributed by atoms with Gasteiger partial charge in [-0.3, -0.25) is 4.79 Å². The number of nitrogens with two attached hydrogens (primary N) is 1. The topological polar surface area (TPSA) is 46.3 Å². The third-order valence-electron chi connectivity index (χ3n) is 4.75. The van der Waals surface area contributed by atoms with Crippen molar-refractivity contribution in [3.8, 4) is 0 Å². The van der Waals surface area contributed by atoms with Crippen LogP contribution >= 0.6 is 0 Å². The molecule has 2 fully saturated rings. The van der Waals surface area contributed by atoms with E-state index in [2.05, 4.69) is 0 Å². The molecule has 0 unspecified atom stereocenters. The van der Waals surface area contributed by atoms with E-state index >= 15 is 0 Å². The average molecular weight is 238 g/mol. The molecule has 0 saturated heterocycles. The first-order valence-corrected chi connectivity index (χ1v) is 7.20. The first-order valence-electron chi connectivity index (χ1n) is 7.20. The highest BCUT2D eigenvalue weighted by Crippen LogP contribution is 2.33. The molecule has 0 radical (unpaired) electrons. The highest BCUT2D eigenvalue weighted by molar-refractivity contribution is 5.79. The van der Waals surface area contributed by atoms with Gasteiger partial charge in [-0.2, -0.15) is 0 Å². The van der Waals surface area contributed by atoms with Gasteiger partial charge in [-0.25, -0.2) is 0 Å². The number of carbonyl (C=O) groups excluding carboxylic acids is 1. The summed E-state index contributed by atoms with van der Waals surface area (Å²) in [5.41, 5.74) is 5.77. The van der Waals surface area contributed by atoms with Gasteiger partial charge >= 0.3 is 0 Å². The number of rotatable bonds is 3. The maximum absolute atomic E-state index is 12.5. The van der Waals surface area contributed by atoms with E-state index in [1.54, 1.807) is 0 Å². The Hall–Kier alpha value is -0.570. The number of hydrogen-bond donors (Lipinski definition) is 1.